The molecule has 2 aromatic heterocycles. The fourth-order valence-corrected chi connectivity index (χ4v) is 2.54. The van der Waals surface area contributed by atoms with Gasteiger partial charge in [0.1, 0.15) is 0 Å². The van der Waals surface area contributed by atoms with Gasteiger partial charge in [-0.2, -0.15) is 4.98 Å². The topological polar surface area (TPSA) is 87.1 Å². The molecule has 0 saturated carbocycles. The first-order valence-corrected chi connectivity index (χ1v) is 6.83. The lowest BCUT2D eigenvalue weighted by atomic mass is 10.1. The number of hydrogen-bond donors (Lipinski definition) is 1. The summed E-state index contributed by atoms with van der Waals surface area (Å²) in [5, 5.41) is 5.10. The highest BCUT2D eigenvalue weighted by Crippen LogP contribution is 2.26. The molecule has 1 aliphatic heterocycles. The highest BCUT2D eigenvalue weighted by Gasteiger charge is 2.31. The average molecular weight is 282 g/mol. The molecule has 0 amide bonds. The lowest BCUT2D eigenvalue weighted by Gasteiger charge is -2.06. The number of aromatic nitrogens is 3. The van der Waals surface area contributed by atoms with E-state index in [2.05, 4.69) is 15.1 Å². The molecule has 0 bridgehead atoms. The standard InChI is InChI=1S/C15H14N4O2/c16-12-8-20-7-11(12)15-18-14(19-21-15)10-3-4-13-9(6-10)2-1-5-17-13/h1-6,11-12H,7-8,16H2. The molecular formula is C15H14N4O2. The maximum atomic E-state index is 5.97. The number of hydrogen-bond acceptors (Lipinski definition) is 6. The maximum absolute atomic E-state index is 5.97. The molecule has 0 spiro atoms. The zero-order chi connectivity index (χ0) is 14.2. The van der Waals surface area contributed by atoms with Gasteiger partial charge in [-0.3, -0.25) is 4.98 Å². The zero-order valence-electron chi connectivity index (χ0n) is 11.3. The number of pyridine rings is 1. The van der Waals surface area contributed by atoms with Crippen molar-refractivity contribution in [3.8, 4) is 11.4 Å². The van der Waals surface area contributed by atoms with E-state index in [9.17, 15) is 0 Å². The smallest absolute Gasteiger partial charge is 0.234 e. The third-order valence-electron chi connectivity index (χ3n) is 3.74. The number of benzene rings is 1. The predicted octanol–water partition coefficient (Wildman–Crippen LogP) is 1.73. The summed E-state index contributed by atoms with van der Waals surface area (Å²) in [6.45, 7) is 1.06. The van der Waals surface area contributed by atoms with Crippen molar-refractivity contribution in [2.45, 2.75) is 12.0 Å². The second kappa shape index (κ2) is 4.91. The molecule has 21 heavy (non-hydrogen) atoms. The molecule has 1 fully saturated rings. The van der Waals surface area contributed by atoms with Crippen LogP contribution in [0, 0.1) is 0 Å². The van der Waals surface area contributed by atoms with Crippen molar-refractivity contribution in [2.24, 2.45) is 5.73 Å². The van der Waals surface area contributed by atoms with E-state index >= 15 is 0 Å². The first-order valence-electron chi connectivity index (χ1n) is 6.83. The fourth-order valence-electron chi connectivity index (χ4n) is 2.54. The van der Waals surface area contributed by atoms with Gasteiger partial charge >= 0.3 is 0 Å². The minimum Gasteiger partial charge on any atom is -0.379 e. The molecule has 1 aromatic carbocycles. The van der Waals surface area contributed by atoms with Crippen LogP contribution in [0.5, 0.6) is 0 Å². The van der Waals surface area contributed by atoms with Crippen LogP contribution in [0.3, 0.4) is 0 Å². The predicted molar refractivity (Wildman–Crippen MR) is 76.6 cm³/mol. The van der Waals surface area contributed by atoms with E-state index in [0.29, 0.717) is 24.9 Å². The van der Waals surface area contributed by atoms with Gasteiger partial charge in [-0.25, -0.2) is 0 Å². The molecule has 2 N–H and O–H groups in total. The van der Waals surface area contributed by atoms with Crippen molar-refractivity contribution < 1.29 is 9.26 Å². The number of rotatable bonds is 2. The van der Waals surface area contributed by atoms with Gasteiger partial charge in [-0.15, -0.1) is 0 Å². The third-order valence-corrected chi connectivity index (χ3v) is 3.74. The summed E-state index contributed by atoms with van der Waals surface area (Å²) < 4.78 is 10.7. The normalized spacial score (nSPS) is 22.0. The zero-order valence-corrected chi connectivity index (χ0v) is 11.3. The fraction of sp³-hybridized carbons (Fsp3) is 0.267. The van der Waals surface area contributed by atoms with Crippen LogP contribution >= 0.6 is 0 Å². The van der Waals surface area contributed by atoms with Gasteiger partial charge in [0.05, 0.1) is 24.6 Å². The molecule has 2 atom stereocenters. The summed E-state index contributed by atoms with van der Waals surface area (Å²) in [5.41, 5.74) is 7.81. The number of fused-ring (bicyclic) bond motifs is 1. The molecule has 3 aromatic rings. The van der Waals surface area contributed by atoms with Crippen LogP contribution in [-0.2, 0) is 4.74 Å². The number of nitrogens with zero attached hydrogens (tertiary/aromatic N) is 3. The summed E-state index contributed by atoms with van der Waals surface area (Å²) in [5.74, 6) is 1.09. The van der Waals surface area contributed by atoms with E-state index in [1.54, 1.807) is 6.20 Å². The summed E-state index contributed by atoms with van der Waals surface area (Å²) in [4.78, 5) is 8.76. The molecule has 6 nitrogen and oxygen atoms in total. The largest absolute Gasteiger partial charge is 0.379 e. The maximum Gasteiger partial charge on any atom is 0.234 e. The van der Waals surface area contributed by atoms with Crippen molar-refractivity contribution in [3.05, 3.63) is 42.4 Å². The van der Waals surface area contributed by atoms with Gasteiger partial charge in [0, 0.05) is 23.2 Å². The Morgan fingerprint density at radius 3 is 3.00 bits per heavy atom. The molecular weight excluding hydrogens is 268 g/mol. The Labute approximate surface area is 120 Å². The van der Waals surface area contributed by atoms with Gasteiger partial charge in [-0.05, 0) is 24.3 Å². The van der Waals surface area contributed by atoms with Gasteiger partial charge in [0.25, 0.3) is 0 Å². The Bertz CT molecular complexity index is 786. The first-order chi connectivity index (χ1) is 10.3. The molecule has 2 unspecified atom stereocenters. The van der Waals surface area contributed by atoms with Gasteiger partial charge in [0.15, 0.2) is 0 Å². The van der Waals surface area contributed by atoms with Crippen LogP contribution in [-0.4, -0.2) is 34.4 Å². The Morgan fingerprint density at radius 2 is 2.14 bits per heavy atom. The minimum absolute atomic E-state index is 0.0200. The monoisotopic (exact) mass is 282 g/mol. The van der Waals surface area contributed by atoms with Crippen LogP contribution in [0.15, 0.2) is 41.1 Å². The minimum atomic E-state index is -0.0842. The highest BCUT2D eigenvalue weighted by atomic mass is 16.5. The molecule has 4 rings (SSSR count). The van der Waals surface area contributed by atoms with Crippen LogP contribution in [0.2, 0.25) is 0 Å². The average Bonchev–Trinajstić information content (AvgIpc) is 3.15. The Hall–Kier alpha value is -2.31. The molecule has 1 aliphatic rings. The van der Waals surface area contributed by atoms with Crippen LogP contribution in [0.4, 0.5) is 0 Å². The number of nitrogens with two attached hydrogens (primary N) is 1. The Morgan fingerprint density at radius 1 is 1.19 bits per heavy atom. The summed E-state index contributed by atoms with van der Waals surface area (Å²) in [6.07, 6.45) is 1.77. The van der Waals surface area contributed by atoms with Crippen LogP contribution in [0.1, 0.15) is 11.8 Å². The van der Waals surface area contributed by atoms with Crippen molar-refractivity contribution in [2.75, 3.05) is 13.2 Å². The number of ether oxygens (including phenoxy) is 1. The van der Waals surface area contributed by atoms with Gasteiger partial charge in [0.2, 0.25) is 11.7 Å². The van der Waals surface area contributed by atoms with E-state index in [1.807, 2.05) is 30.3 Å². The molecule has 6 heteroatoms. The third kappa shape index (κ3) is 2.18. The quantitative estimate of drug-likeness (QED) is 0.770. The highest BCUT2D eigenvalue weighted by molar-refractivity contribution is 5.82. The molecule has 0 radical (unpaired) electrons. The van der Waals surface area contributed by atoms with Crippen LogP contribution in [0.25, 0.3) is 22.3 Å². The van der Waals surface area contributed by atoms with E-state index in [0.717, 1.165) is 16.5 Å². The van der Waals surface area contributed by atoms with Crippen molar-refractivity contribution in [1.82, 2.24) is 15.1 Å². The molecule has 1 saturated heterocycles. The second-order valence-electron chi connectivity index (χ2n) is 5.17. The van der Waals surface area contributed by atoms with E-state index in [4.69, 9.17) is 15.0 Å². The first kappa shape index (κ1) is 12.4. The second-order valence-corrected chi connectivity index (χ2v) is 5.17. The van der Waals surface area contributed by atoms with Crippen molar-refractivity contribution in [1.29, 1.82) is 0 Å². The summed E-state index contributed by atoms with van der Waals surface area (Å²) in [7, 11) is 0. The van der Waals surface area contributed by atoms with E-state index in [1.165, 1.54) is 0 Å². The summed E-state index contributed by atoms with van der Waals surface area (Å²) in [6, 6.07) is 9.72. The SMILES string of the molecule is NC1COCC1c1nc(-c2ccc3ncccc3c2)no1. The lowest BCUT2D eigenvalue weighted by Crippen LogP contribution is -2.26. The van der Waals surface area contributed by atoms with Crippen molar-refractivity contribution in [3.63, 3.8) is 0 Å². The van der Waals surface area contributed by atoms with Crippen molar-refractivity contribution >= 4 is 10.9 Å². The van der Waals surface area contributed by atoms with Crippen LogP contribution < -0.4 is 5.73 Å². The lowest BCUT2D eigenvalue weighted by molar-refractivity contribution is 0.187. The molecule has 106 valence electrons. The molecule has 3 heterocycles. The molecule has 0 aliphatic carbocycles. The Kier molecular flexibility index (Phi) is 2.90. The van der Waals surface area contributed by atoms with E-state index in [-0.39, 0.29) is 12.0 Å². The summed E-state index contributed by atoms with van der Waals surface area (Å²) >= 11 is 0. The van der Waals surface area contributed by atoms with Gasteiger partial charge in [-0.1, -0.05) is 11.2 Å². The van der Waals surface area contributed by atoms with E-state index < -0.39 is 0 Å². The van der Waals surface area contributed by atoms with Gasteiger partial charge < -0.3 is 15.0 Å². The Balaban J connectivity index is 1.70.